The van der Waals surface area contributed by atoms with E-state index in [0.29, 0.717) is 6.42 Å². The molecule has 6 heterocycles. The fraction of sp³-hybridized carbons (Fsp3) is 0.551. The van der Waals surface area contributed by atoms with Crippen LogP contribution in [0, 0.1) is 11.3 Å². The Bertz CT molecular complexity index is 2810. The van der Waals surface area contributed by atoms with E-state index < -0.39 is 18.4 Å². The Morgan fingerprint density at radius 3 is 1.17 bits per heavy atom. The van der Waals surface area contributed by atoms with E-state index in [1.807, 2.05) is 36.9 Å². The summed E-state index contributed by atoms with van der Waals surface area (Å²) in [6, 6.07) is 31.9. The first kappa shape index (κ1) is 63.6. The van der Waals surface area contributed by atoms with Gasteiger partial charge in [0.05, 0.1) is 6.07 Å². The Balaban J connectivity index is 1.23. The second-order valence-corrected chi connectivity index (χ2v) is 44.0. The van der Waals surface area contributed by atoms with Crippen LogP contribution in [0.2, 0.25) is 13.3 Å². The molecule has 422 valence electrons. The number of nitrogens with zero attached hydrogens (tertiary/aromatic N) is 1. The van der Waals surface area contributed by atoms with E-state index >= 15 is 0 Å². The summed E-state index contributed by atoms with van der Waals surface area (Å²) in [7, 11) is 0. The Morgan fingerprint density at radius 2 is 0.744 bits per heavy atom. The molecule has 6 aromatic heterocycles. The van der Waals surface area contributed by atoms with E-state index in [9.17, 15) is 0 Å². The van der Waals surface area contributed by atoms with Gasteiger partial charge >= 0.3 is 299 Å². The molecule has 7 aromatic rings. The molecule has 0 saturated carbocycles. The van der Waals surface area contributed by atoms with E-state index in [4.69, 9.17) is 5.26 Å². The Labute approximate surface area is 507 Å². The van der Waals surface area contributed by atoms with Gasteiger partial charge in [0.25, 0.3) is 0 Å². The second kappa shape index (κ2) is 34.6. The van der Waals surface area contributed by atoms with Crippen molar-refractivity contribution in [1.29, 1.82) is 5.26 Å². The van der Waals surface area contributed by atoms with Crippen LogP contribution in [-0.4, -0.2) is 24.1 Å². The van der Waals surface area contributed by atoms with Crippen molar-refractivity contribution in [3.8, 4) is 65.3 Å². The van der Waals surface area contributed by atoms with Crippen LogP contribution in [0.3, 0.4) is 0 Å². The molecule has 0 bridgehead atoms. The van der Waals surface area contributed by atoms with Crippen molar-refractivity contribution in [2.75, 3.05) is 5.75 Å². The molecule has 0 amide bonds. The smallest absolute Gasteiger partial charge is 0.133 e. The molecule has 0 aliphatic carbocycles. The molecule has 78 heavy (non-hydrogen) atoms. The zero-order valence-electron chi connectivity index (χ0n) is 49.2. The minimum absolute atomic E-state index is 0.584. The first-order chi connectivity index (χ1) is 38.3. The summed E-state index contributed by atoms with van der Waals surface area (Å²) in [6.07, 6.45) is 34.3. The molecule has 0 fully saturated rings. The molecule has 1 nitrogen and oxygen atoms in total. The number of rotatable bonds is 39. The number of hydrogen-bond donors (Lipinski definition) is 0. The summed E-state index contributed by atoms with van der Waals surface area (Å²) in [6.45, 7) is 16.6. The van der Waals surface area contributed by atoms with Crippen LogP contribution in [0.25, 0.3) is 59.2 Å². The summed E-state index contributed by atoms with van der Waals surface area (Å²) < 4.78 is 6.56. The number of thioether (sulfide) groups is 1. The molecule has 0 saturated heterocycles. The van der Waals surface area contributed by atoms with Gasteiger partial charge in [-0.3, -0.25) is 0 Å². The molecule has 0 unspecified atom stereocenters. The van der Waals surface area contributed by atoms with Gasteiger partial charge in [-0.25, -0.2) is 0 Å². The van der Waals surface area contributed by atoms with E-state index in [1.54, 1.807) is 56.4 Å². The minimum Gasteiger partial charge on any atom is -0.133 e. The van der Waals surface area contributed by atoms with Crippen molar-refractivity contribution in [3.05, 3.63) is 95.1 Å². The molecule has 0 aliphatic rings. The Hall–Kier alpha value is -1.94. The van der Waals surface area contributed by atoms with Crippen LogP contribution in [0.5, 0.6) is 0 Å². The maximum atomic E-state index is 9.08. The van der Waals surface area contributed by atoms with Gasteiger partial charge in [0, 0.05) is 36.6 Å². The van der Waals surface area contributed by atoms with Crippen molar-refractivity contribution < 1.29 is 0 Å². The van der Waals surface area contributed by atoms with Gasteiger partial charge in [0.2, 0.25) is 0 Å². The summed E-state index contributed by atoms with van der Waals surface area (Å²) in [4.78, 5) is 17.5. The van der Waals surface area contributed by atoms with Gasteiger partial charge < -0.3 is 0 Å². The monoisotopic (exact) mass is 1280 g/mol. The zero-order chi connectivity index (χ0) is 55.0. The zero-order valence-corrected chi connectivity index (χ0v) is 57.7. The van der Waals surface area contributed by atoms with Crippen molar-refractivity contribution in [1.82, 2.24) is 0 Å². The summed E-state index contributed by atoms with van der Waals surface area (Å²) in [5, 5.41) is 9.08. The van der Waals surface area contributed by atoms with E-state index in [2.05, 4.69) is 161 Å². The van der Waals surface area contributed by atoms with Gasteiger partial charge in [0.1, 0.15) is 0 Å². The van der Waals surface area contributed by atoms with Crippen molar-refractivity contribution in [2.24, 2.45) is 0 Å². The Morgan fingerprint density at radius 1 is 0.372 bits per heavy atom. The third-order valence-corrected chi connectivity index (χ3v) is 43.0. The average Bonchev–Trinajstić information content (AvgIpc) is 4.37. The fourth-order valence-corrected chi connectivity index (χ4v) is 38.8. The number of hydrogen-bond acceptors (Lipinski definition) is 8. The van der Waals surface area contributed by atoms with Crippen LogP contribution < -0.4 is 2.89 Å². The van der Waals surface area contributed by atoms with Gasteiger partial charge in [-0.2, -0.15) is 5.26 Å². The third kappa shape index (κ3) is 18.0. The van der Waals surface area contributed by atoms with Crippen LogP contribution >= 0.6 is 79.8 Å². The fourth-order valence-electron chi connectivity index (χ4n) is 11.3. The first-order valence-electron chi connectivity index (χ1n) is 31.1. The molecular weight excluding hydrogens is 1190 g/mol. The van der Waals surface area contributed by atoms with Crippen LogP contribution in [0.1, 0.15) is 218 Å². The van der Waals surface area contributed by atoms with Gasteiger partial charge in [-0.1, -0.05) is 64.5 Å². The van der Waals surface area contributed by atoms with Gasteiger partial charge in [-0.05, 0) is 66.6 Å². The maximum Gasteiger partial charge on any atom is -0.133 e. The van der Waals surface area contributed by atoms with E-state index in [1.165, 1.54) is 209 Å². The molecule has 0 atom stereocenters. The SMILES string of the molecule is CCCCCCc1cc(-c2ccc(SCCC#N)cc2)sc1-c1cc(CCCCCC)c(-c2ccc(-c3ccc(-c4sc(-c5s[c]([Sn]([CH2]CCC)([CH2]CCC)[CH2]CCC)cc5CCCCCC)cc4CCCCCC)s3)s2)s1. The summed E-state index contributed by atoms with van der Waals surface area (Å²) in [5.41, 5.74) is 7.66. The van der Waals surface area contributed by atoms with Gasteiger partial charge in [-0.15, -0.1) is 34.4 Å². The van der Waals surface area contributed by atoms with Crippen molar-refractivity contribution in [3.63, 3.8) is 0 Å². The quantitative estimate of drug-likeness (QED) is 0.0218. The Kier molecular flexibility index (Phi) is 28.2. The number of unbranched alkanes of at least 4 members (excludes halogenated alkanes) is 15. The maximum absolute atomic E-state index is 9.08. The minimum atomic E-state index is -2.62. The van der Waals surface area contributed by atoms with Crippen molar-refractivity contribution >= 4 is 101 Å². The van der Waals surface area contributed by atoms with Crippen molar-refractivity contribution in [2.45, 2.75) is 240 Å². The summed E-state index contributed by atoms with van der Waals surface area (Å²) in [5.74, 6) is 0.843. The molecule has 1 aromatic carbocycles. The molecule has 9 heteroatoms. The van der Waals surface area contributed by atoms with Crippen LogP contribution in [0.4, 0.5) is 0 Å². The standard InChI is InChI=1S/C57H68NS7.3C4H9.Sn/c1-5-9-13-17-22-42-34-37-60-54(42)52-39-44(24-19-15-11-7-3)55(64-52)49-32-30-47(61-49)48-31-33-50(62-48)56-45(25-20-16-12-8-4)40-53(65-56)57-43(23-18-14-10-6-2)38-51(63-57)41-26-28-46(29-27-41)59-36-21-35-58;3*1-3-4-2;/h26-34,38-40H,5-25,36H2,1-4H3;3*1,3-4H2,2H3;. The number of aryl methyl sites for hydroxylation is 4. The van der Waals surface area contributed by atoms with E-state index in [0.717, 1.165) is 18.6 Å². The average molecular weight is 1280 g/mol. The molecule has 0 radical (unpaired) electrons. The first-order valence-corrected chi connectivity index (χ1v) is 44.5. The molecule has 0 N–H and O–H groups in total. The molecule has 0 spiro atoms. The third-order valence-electron chi connectivity index (χ3n) is 16.0. The molecular formula is C69H95NS7Sn. The molecule has 0 aliphatic heterocycles. The largest absolute Gasteiger partial charge is 0.133 e. The second-order valence-electron chi connectivity index (χ2n) is 22.3. The number of nitriles is 1. The predicted octanol–water partition coefficient (Wildman–Crippen LogP) is 25.6. The van der Waals surface area contributed by atoms with E-state index in [-0.39, 0.29) is 0 Å². The number of thiophene rings is 6. The van der Waals surface area contributed by atoms with Crippen LogP contribution in [-0.2, 0) is 25.7 Å². The molecule has 7 rings (SSSR count). The van der Waals surface area contributed by atoms with Gasteiger partial charge in [0.15, 0.2) is 0 Å². The predicted molar refractivity (Wildman–Crippen MR) is 363 cm³/mol. The van der Waals surface area contributed by atoms with Crippen LogP contribution in [0.15, 0.2) is 77.7 Å². The summed E-state index contributed by atoms with van der Waals surface area (Å²) >= 11 is 11.7. The topological polar surface area (TPSA) is 23.8 Å². The number of benzene rings is 1. The normalized spacial score (nSPS) is 11.9.